The fourth-order valence-corrected chi connectivity index (χ4v) is 2.07. The van der Waals surface area contributed by atoms with E-state index in [4.69, 9.17) is 9.84 Å². The maximum Gasteiger partial charge on any atom is 0.326 e. The van der Waals surface area contributed by atoms with Crippen molar-refractivity contribution >= 4 is 11.7 Å². The van der Waals surface area contributed by atoms with E-state index in [-0.39, 0.29) is 0 Å². The van der Waals surface area contributed by atoms with Crippen LogP contribution in [0.4, 0.5) is 5.69 Å². The van der Waals surface area contributed by atoms with Crippen LogP contribution in [0.15, 0.2) is 12.1 Å². The number of ether oxygens (including phenoxy) is 1. The number of carboxylic acid groups (broad SMARTS) is 1. The van der Waals surface area contributed by atoms with Crippen LogP contribution in [0, 0.1) is 6.92 Å². The largest absolute Gasteiger partial charge is 0.496 e. The lowest BCUT2D eigenvalue weighted by molar-refractivity contribution is -0.138. The second-order valence-electron chi connectivity index (χ2n) is 5.16. The van der Waals surface area contributed by atoms with Crippen molar-refractivity contribution in [3.05, 3.63) is 23.3 Å². The van der Waals surface area contributed by atoms with Gasteiger partial charge in [0.15, 0.2) is 0 Å². The van der Waals surface area contributed by atoms with Gasteiger partial charge in [-0.05, 0) is 43.0 Å². The average Bonchev–Trinajstić information content (AvgIpc) is 2.35. The van der Waals surface area contributed by atoms with Crippen LogP contribution in [0.1, 0.15) is 37.8 Å². The summed E-state index contributed by atoms with van der Waals surface area (Å²) in [4.78, 5) is 12.9. The van der Waals surface area contributed by atoms with Crippen molar-refractivity contribution in [1.82, 2.24) is 0 Å². The van der Waals surface area contributed by atoms with Gasteiger partial charge in [0.05, 0.1) is 7.11 Å². The molecular weight excluding hydrogens is 242 g/mol. The summed E-state index contributed by atoms with van der Waals surface area (Å²) in [6.07, 6.45) is 0. The summed E-state index contributed by atoms with van der Waals surface area (Å²) in [5.74, 6) is 0.347. The van der Waals surface area contributed by atoms with Crippen molar-refractivity contribution < 1.29 is 14.6 Å². The Morgan fingerprint density at radius 1 is 1.32 bits per heavy atom. The highest BCUT2D eigenvalue weighted by atomic mass is 16.5. The van der Waals surface area contributed by atoms with Crippen LogP contribution in [0.25, 0.3) is 0 Å². The highest BCUT2D eigenvalue weighted by Crippen LogP contribution is 2.33. The SMILES string of the molecule is COc1cc(C)c(N(C)C(C)C(=O)O)cc1C(C)C. The number of aryl methyl sites for hydroxylation is 1. The van der Waals surface area contributed by atoms with Crippen molar-refractivity contribution in [3.8, 4) is 5.75 Å². The number of likely N-dealkylation sites (N-methyl/N-ethyl adjacent to an activating group) is 1. The fourth-order valence-electron chi connectivity index (χ4n) is 2.07. The predicted molar refractivity (Wildman–Crippen MR) is 77.3 cm³/mol. The molecule has 1 N–H and O–H groups in total. The zero-order valence-corrected chi connectivity index (χ0v) is 12.5. The molecule has 0 aliphatic rings. The third kappa shape index (κ3) is 3.19. The van der Waals surface area contributed by atoms with Crippen LogP contribution in [0.5, 0.6) is 5.75 Å². The monoisotopic (exact) mass is 265 g/mol. The van der Waals surface area contributed by atoms with E-state index in [0.717, 1.165) is 22.6 Å². The molecule has 1 atom stereocenters. The summed E-state index contributed by atoms with van der Waals surface area (Å²) < 4.78 is 5.40. The molecule has 0 aliphatic heterocycles. The van der Waals surface area contributed by atoms with Gasteiger partial charge in [0.25, 0.3) is 0 Å². The van der Waals surface area contributed by atoms with Crippen LogP contribution >= 0.6 is 0 Å². The van der Waals surface area contributed by atoms with Gasteiger partial charge in [0, 0.05) is 12.7 Å². The number of methoxy groups -OCH3 is 1. The topological polar surface area (TPSA) is 49.8 Å². The Hall–Kier alpha value is -1.71. The Morgan fingerprint density at radius 2 is 1.89 bits per heavy atom. The molecule has 0 heterocycles. The van der Waals surface area contributed by atoms with Gasteiger partial charge in [-0.15, -0.1) is 0 Å². The van der Waals surface area contributed by atoms with E-state index in [9.17, 15) is 4.79 Å². The molecule has 0 aliphatic carbocycles. The zero-order valence-electron chi connectivity index (χ0n) is 12.5. The molecule has 0 bridgehead atoms. The van der Waals surface area contributed by atoms with Crippen LogP contribution < -0.4 is 9.64 Å². The average molecular weight is 265 g/mol. The Balaban J connectivity index is 3.28. The molecule has 0 saturated carbocycles. The molecule has 0 aromatic heterocycles. The smallest absolute Gasteiger partial charge is 0.326 e. The highest BCUT2D eigenvalue weighted by molar-refractivity contribution is 5.78. The number of benzene rings is 1. The third-order valence-electron chi connectivity index (χ3n) is 3.49. The fraction of sp³-hybridized carbons (Fsp3) is 0.533. The lowest BCUT2D eigenvalue weighted by Crippen LogP contribution is -2.36. The normalized spacial score (nSPS) is 12.4. The molecule has 0 fully saturated rings. The summed E-state index contributed by atoms with van der Waals surface area (Å²) in [7, 11) is 3.46. The molecule has 1 rings (SSSR count). The number of anilines is 1. The van der Waals surface area contributed by atoms with Gasteiger partial charge in [-0.2, -0.15) is 0 Å². The number of hydrogen-bond donors (Lipinski definition) is 1. The molecule has 0 radical (unpaired) electrons. The van der Waals surface area contributed by atoms with Crippen molar-refractivity contribution in [2.24, 2.45) is 0 Å². The molecule has 0 amide bonds. The van der Waals surface area contributed by atoms with E-state index in [1.54, 1.807) is 26.0 Å². The number of carboxylic acids is 1. The Kier molecular flexibility index (Phi) is 4.81. The summed E-state index contributed by atoms with van der Waals surface area (Å²) >= 11 is 0. The lowest BCUT2D eigenvalue weighted by Gasteiger charge is -2.27. The second kappa shape index (κ2) is 5.95. The molecule has 0 spiro atoms. The summed E-state index contributed by atoms with van der Waals surface area (Å²) in [6.45, 7) is 7.84. The van der Waals surface area contributed by atoms with Gasteiger partial charge in [-0.3, -0.25) is 0 Å². The highest BCUT2D eigenvalue weighted by Gasteiger charge is 2.20. The number of rotatable bonds is 5. The first kappa shape index (κ1) is 15.3. The maximum absolute atomic E-state index is 11.1. The first-order valence-corrected chi connectivity index (χ1v) is 6.43. The van der Waals surface area contributed by atoms with Crippen LogP contribution in [0.3, 0.4) is 0 Å². The zero-order chi connectivity index (χ0) is 14.7. The first-order chi connectivity index (χ1) is 8.79. The quantitative estimate of drug-likeness (QED) is 0.889. The molecule has 0 saturated heterocycles. The number of nitrogens with zero attached hydrogens (tertiary/aromatic N) is 1. The standard InChI is InChI=1S/C15H23NO3/c1-9(2)12-8-13(10(3)7-14(12)19-6)16(5)11(4)15(17)18/h7-9,11H,1-6H3,(H,17,18). The second-order valence-corrected chi connectivity index (χ2v) is 5.16. The van der Waals surface area contributed by atoms with E-state index in [2.05, 4.69) is 13.8 Å². The molecule has 4 heteroatoms. The third-order valence-corrected chi connectivity index (χ3v) is 3.49. The number of hydrogen-bond acceptors (Lipinski definition) is 3. The maximum atomic E-state index is 11.1. The minimum absolute atomic E-state index is 0.322. The van der Waals surface area contributed by atoms with Gasteiger partial charge in [-0.25, -0.2) is 4.79 Å². The van der Waals surface area contributed by atoms with Crippen molar-refractivity contribution in [3.63, 3.8) is 0 Å². The Labute approximate surface area is 115 Å². The van der Waals surface area contributed by atoms with Gasteiger partial charge in [-0.1, -0.05) is 13.8 Å². The molecule has 106 valence electrons. The minimum atomic E-state index is -0.830. The lowest BCUT2D eigenvalue weighted by atomic mass is 9.98. The Morgan fingerprint density at radius 3 is 2.32 bits per heavy atom. The summed E-state index contributed by atoms with van der Waals surface area (Å²) in [5, 5.41) is 9.12. The van der Waals surface area contributed by atoms with Gasteiger partial charge < -0.3 is 14.7 Å². The van der Waals surface area contributed by atoms with Gasteiger partial charge >= 0.3 is 5.97 Å². The van der Waals surface area contributed by atoms with Crippen LogP contribution in [-0.4, -0.2) is 31.3 Å². The minimum Gasteiger partial charge on any atom is -0.496 e. The van der Waals surface area contributed by atoms with E-state index in [1.165, 1.54) is 0 Å². The molecule has 4 nitrogen and oxygen atoms in total. The molecular formula is C15H23NO3. The van der Waals surface area contributed by atoms with Crippen LogP contribution in [0.2, 0.25) is 0 Å². The first-order valence-electron chi connectivity index (χ1n) is 6.43. The van der Waals surface area contributed by atoms with E-state index >= 15 is 0 Å². The van der Waals surface area contributed by atoms with Crippen molar-refractivity contribution in [1.29, 1.82) is 0 Å². The molecule has 19 heavy (non-hydrogen) atoms. The van der Waals surface area contributed by atoms with Crippen LogP contribution in [-0.2, 0) is 4.79 Å². The predicted octanol–water partition coefficient (Wildman–Crippen LogP) is 3.04. The van der Waals surface area contributed by atoms with Crippen molar-refractivity contribution in [2.75, 3.05) is 19.1 Å². The van der Waals surface area contributed by atoms with Gasteiger partial charge in [0.1, 0.15) is 11.8 Å². The summed E-state index contributed by atoms with van der Waals surface area (Å²) in [5.41, 5.74) is 3.03. The van der Waals surface area contributed by atoms with E-state index < -0.39 is 12.0 Å². The Bertz CT molecular complexity index is 469. The van der Waals surface area contributed by atoms with E-state index in [0.29, 0.717) is 5.92 Å². The number of carbonyl (C=O) groups is 1. The molecule has 1 aromatic carbocycles. The van der Waals surface area contributed by atoms with E-state index in [1.807, 2.05) is 19.1 Å². The summed E-state index contributed by atoms with van der Waals surface area (Å²) in [6, 6.07) is 3.43. The molecule has 1 aromatic rings. The van der Waals surface area contributed by atoms with Gasteiger partial charge in [0.2, 0.25) is 0 Å². The van der Waals surface area contributed by atoms with Crippen molar-refractivity contribution in [2.45, 2.75) is 39.7 Å². The number of aliphatic carboxylic acids is 1. The molecule has 1 unspecified atom stereocenters.